The van der Waals surface area contributed by atoms with Gasteiger partial charge in [0.25, 0.3) is 0 Å². The Hall–Kier alpha value is -2.55. The highest BCUT2D eigenvalue weighted by molar-refractivity contribution is 5.83. The van der Waals surface area contributed by atoms with Crippen LogP contribution in [0, 0.1) is 0 Å². The molecule has 0 aromatic heterocycles. The maximum absolute atomic E-state index is 11.6. The minimum Gasteiger partial charge on any atom is -0.498 e. The lowest BCUT2D eigenvalue weighted by Crippen LogP contribution is -2.17. The van der Waals surface area contributed by atoms with Crippen molar-refractivity contribution < 1.29 is 14.3 Å². The molecule has 3 nitrogen and oxygen atoms in total. The number of ether oxygens (including phenoxy) is 2. The van der Waals surface area contributed by atoms with Gasteiger partial charge in [-0.1, -0.05) is 54.6 Å². The van der Waals surface area contributed by atoms with E-state index < -0.39 is 0 Å². The molecule has 0 saturated carbocycles. The highest BCUT2D eigenvalue weighted by atomic mass is 16.6. The topological polar surface area (TPSA) is 35.5 Å². The Labute approximate surface area is 130 Å². The summed E-state index contributed by atoms with van der Waals surface area (Å²) in [4.78, 5) is 11.6. The van der Waals surface area contributed by atoms with E-state index in [0.29, 0.717) is 18.8 Å². The number of hydrogen-bond donors (Lipinski definition) is 0. The molecule has 1 aliphatic rings. The second-order valence-electron chi connectivity index (χ2n) is 5.16. The molecule has 0 spiro atoms. The number of esters is 1. The summed E-state index contributed by atoms with van der Waals surface area (Å²) in [5.41, 5.74) is 3.30. The number of carbonyl (C=O) groups excluding carboxylic acids is 1. The molecule has 1 unspecified atom stereocenters. The van der Waals surface area contributed by atoms with Gasteiger partial charge in [0.05, 0.1) is 12.7 Å². The van der Waals surface area contributed by atoms with E-state index >= 15 is 0 Å². The molecule has 0 saturated heterocycles. The Morgan fingerprint density at radius 3 is 2.41 bits per heavy atom. The van der Waals surface area contributed by atoms with Gasteiger partial charge >= 0.3 is 5.97 Å². The van der Waals surface area contributed by atoms with E-state index in [1.54, 1.807) is 0 Å². The fourth-order valence-corrected chi connectivity index (χ4v) is 2.58. The monoisotopic (exact) mass is 294 g/mol. The van der Waals surface area contributed by atoms with Crippen LogP contribution in [0.4, 0.5) is 0 Å². The van der Waals surface area contributed by atoms with E-state index in [0.717, 1.165) is 11.1 Å². The van der Waals surface area contributed by atoms with Crippen molar-refractivity contribution in [1.82, 2.24) is 0 Å². The van der Waals surface area contributed by atoms with Gasteiger partial charge in [-0.15, -0.1) is 0 Å². The van der Waals surface area contributed by atoms with Crippen LogP contribution in [0.3, 0.4) is 0 Å². The summed E-state index contributed by atoms with van der Waals surface area (Å²) in [5.74, 6) is 0.350. The zero-order valence-corrected chi connectivity index (χ0v) is 12.5. The van der Waals surface area contributed by atoms with Gasteiger partial charge in [-0.05, 0) is 23.6 Å². The second kappa shape index (κ2) is 6.48. The predicted molar refractivity (Wildman–Crippen MR) is 85.0 cm³/mol. The van der Waals surface area contributed by atoms with Gasteiger partial charge in [0.2, 0.25) is 0 Å². The molecule has 1 heterocycles. The molecule has 0 N–H and O–H groups in total. The molecule has 1 aliphatic heterocycles. The third-order valence-corrected chi connectivity index (χ3v) is 3.64. The number of hydrogen-bond acceptors (Lipinski definition) is 3. The van der Waals surface area contributed by atoms with Crippen LogP contribution < -0.4 is 0 Å². The van der Waals surface area contributed by atoms with Gasteiger partial charge in [-0.3, -0.25) is 0 Å². The first-order valence-electron chi connectivity index (χ1n) is 7.45. The molecule has 112 valence electrons. The van der Waals surface area contributed by atoms with Crippen molar-refractivity contribution in [2.75, 3.05) is 6.61 Å². The van der Waals surface area contributed by atoms with Crippen LogP contribution in [-0.2, 0) is 14.3 Å². The van der Waals surface area contributed by atoms with E-state index in [-0.39, 0.29) is 12.1 Å². The minimum atomic E-state index is -0.341. The van der Waals surface area contributed by atoms with E-state index in [2.05, 4.69) is 24.3 Å². The predicted octanol–water partition coefficient (Wildman–Crippen LogP) is 4.26. The lowest BCUT2D eigenvalue weighted by molar-refractivity contribution is -0.145. The zero-order valence-electron chi connectivity index (χ0n) is 12.5. The van der Waals surface area contributed by atoms with Crippen molar-refractivity contribution in [2.45, 2.75) is 19.4 Å². The van der Waals surface area contributed by atoms with Gasteiger partial charge < -0.3 is 9.47 Å². The third kappa shape index (κ3) is 3.19. The zero-order chi connectivity index (χ0) is 15.4. The fraction of sp³-hybridized carbons (Fsp3) is 0.211. The smallest absolute Gasteiger partial charge is 0.334 e. The van der Waals surface area contributed by atoms with Crippen LogP contribution in [0.2, 0.25) is 0 Å². The van der Waals surface area contributed by atoms with Gasteiger partial charge in [0.1, 0.15) is 11.9 Å². The molecule has 22 heavy (non-hydrogen) atoms. The molecule has 3 rings (SSSR count). The van der Waals surface area contributed by atoms with E-state index in [1.807, 2.05) is 37.3 Å². The Bertz CT molecular complexity index is 672. The highest BCUT2D eigenvalue weighted by Crippen LogP contribution is 2.31. The summed E-state index contributed by atoms with van der Waals surface area (Å²) < 4.78 is 10.9. The molecular formula is C19H18O3. The van der Waals surface area contributed by atoms with Gasteiger partial charge in [-0.2, -0.15) is 0 Å². The average Bonchev–Trinajstić information content (AvgIpc) is 2.56. The molecular weight excluding hydrogens is 276 g/mol. The summed E-state index contributed by atoms with van der Waals surface area (Å²) in [6, 6.07) is 18.3. The molecule has 2 aromatic rings. The molecule has 0 radical (unpaired) electrons. The Morgan fingerprint density at radius 2 is 1.73 bits per heavy atom. The highest BCUT2D eigenvalue weighted by Gasteiger charge is 2.24. The maximum Gasteiger partial charge on any atom is 0.334 e. The molecule has 0 amide bonds. The third-order valence-electron chi connectivity index (χ3n) is 3.64. The van der Waals surface area contributed by atoms with Crippen LogP contribution >= 0.6 is 0 Å². The van der Waals surface area contributed by atoms with Gasteiger partial charge in [0.15, 0.2) is 0 Å². The lowest BCUT2D eigenvalue weighted by Gasteiger charge is -2.23. The molecule has 3 heteroatoms. The summed E-state index contributed by atoms with van der Waals surface area (Å²) >= 11 is 0. The van der Waals surface area contributed by atoms with E-state index in [4.69, 9.17) is 9.47 Å². The van der Waals surface area contributed by atoms with Crippen LogP contribution in [0.1, 0.15) is 25.0 Å². The standard InChI is InChI=1S/C19H18O3/c1-2-21-17-12-18(22-19(20)13-17)16-10-8-15(9-11-16)14-6-4-3-5-7-14/h3-11,13,18H,2,12H2,1H3. The fourth-order valence-electron chi connectivity index (χ4n) is 2.58. The van der Waals surface area contributed by atoms with Crippen LogP contribution in [0.25, 0.3) is 11.1 Å². The molecule has 2 aromatic carbocycles. The quantitative estimate of drug-likeness (QED) is 0.790. The first-order chi connectivity index (χ1) is 10.8. The Balaban J connectivity index is 1.79. The van der Waals surface area contributed by atoms with Crippen LogP contribution in [0.15, 0.2) is 66.4 Å². The maximum atomic E-state index is 11.6. The second-order valence-corrected chi connectivity index (χ2v) is 5.16. The molecule has 0 bridgehead atoms. The van der Waals surface area contributed by atoms with E-state index in [1.165, 1.54) is 11.6 Å². The van der Waals surface area contributed by atoms with Gasteiger partial charge in [-0.25, -0.2) is 4.79 Å². The first kappa shape index (κ1) is 14.4. The van der Waals surface area contributed by atoms with Crippen molar-refractivity contribution in [1.29, 1.82) is 0 Å². The largest absolute Gasteiger partial charge is 0.498 e. The Kier molecular flexibility index (Phi) is 4.24. The number of benzene rings is 2. The summed E-state index contributed by atoms with van der Waals surface area (Å²) in [6.07, 6.45) is 1.74. The van der Waals surface area contributed by atoms with Crippen molar-refractivity contribution in [3.63, 3.8) is 0 Å². The summed E-state index contributed by atoms with van der Waals surface area (Å²) in [5, 5.41) is 0. The van der Waals surface area contributed by atoms with Gasteiger partial charge in [0, 0.05) is 6.42 Å². The van der Waals surface area contributed by atoms with Crippen molar-refractivity contribution in [3.8, 4) is 11.1 Å². The summed E-state index contributed by atoms with van der Waals surface area (Å²) in [6.45, 7) is 2.46. The van der Waals surface area contributed by atoms with E-state index in [9.17, 15) is 4.79 Å². The lowest BCUT2D eigenvalue weighted by atomic mass is 9.99. The average molecular weight is 294 g/mol. The number of cyclic esters (lactones) is 1. The van der Waals surface area contributed by atoms with Crippen molar-refractivity contribution in [3.05, 3.63) is 72.0 Å². The van der Waals surface area contributed by atoms with Crippen LogP contribution in [-0.4, -0.2) is 12.6 Å². The number of carbonyl (C=O) groups is 1. The first-order valence-corrected chi connectivity index (χ1v) is 7.45. The molecule has 0 aliphatic carbocycles. The van der Waals surface area contributed by atoms with Crippen molar-refractivity contribution in [2.24, 2.45) is 0 Å². The van der Waals surface area contributed by atoms with Crippen molar-refractivity contribution >= 4 is 5.97 Å². The molecule has 1 atom stereocenters. The van der Waals surface area contributed by atoms with Crippen LogP contribution in [0.5, 0.6) is 0 Å². The SMILES string of the molecule is CCOC1=CC(=O)OC(c2ccc(-c3ccccc3)cc2)C1. The Morgan fingerprint density at radius 1 is 1.05 bits per heavy atom. The molecule has 0 fully saturated rings. The minimum absolute atomic E-state index is 0.274. The number of rotatable bonds is 4. The summed E-state index contributed by atoms with van der Waals surface area (Å²) in [7, 11) is 0. The normalized spacial score (nSPS) is 17.6.